The first-order valence-electron chi connectivity index (χ1n) is 9.06. The van der Waals surface area contributed by atoms with E-state index >= 15 is 0 Å². The SMILES string of the molecule is COCCNC(=O)c1cc(NC(=O)N(C)C)ccc1N1CCC(C)CC1. The van der Waals surface area contributed by atoms with Crippen molar-refractivity contribution in [1.82, 2.24) is 10.2 Å². The van der Waals surface area contributed by atoms with E-state index in [0.717, 1.165) is 31.6 Å². The quantitative estimate of drug-likeness (QED) is 0.762. The lowest BCUT2D eigenvalue weighted by Crippen LogP contribution is -2.35. The Morgan fingerprint density at radius 3 is 2.58 bits per heavy atom. The molecule has 1 aliphatic rings. The summed E-state index contributed by atoms with van der Waals surface area (Å²) in [5, 5.41) is 5.68. The molecule has 2 N–H and O–H groups in total. The number of urea groups is 1. The molecule has 0 spiro atoms. The maximum atomic E-state index is 12.7. The number of carbonyl (C=O) groups is 2. The first kappa shape index (κ1) is 20.0. The highest BCUT2D eigenvalue weighted by Crippen LogP contribution is 2.28. The molecule has 0 unspecified atom stereocenters. The molecule has 0 atom stereocenters. The molecule has 3 amide bonds. The average molecular weight is 362 g/mol. The zero-order chi connectivity index (χ0) is 19.1. The Labute approximate surface area is 155 Å². The fourth-order valence-electron chi connectivity index (χ4n) is 2.92. The molecule has 1 aromatic carbocycles. The molecule has 1 saturated heterocycles. The third-order valence-corrected chi connectivity index (χ3v) is 4.61. The van der Waals surface area contributed by atoms with Crippen molar-refractivity contribution in [1.29, 1.82) is 0 Å². The minimum Gasteiger partial charge on any atom is -0.383 e. The van der Waals surface area contributed by atoms with Gasteiger partial charge in [0.15, 0.2) is 0 Å². The highest BCUT2D eigenvalue weighted by atomic mass is 16.5. The topological polar surface area (TPSA) is 73.9 Å². The van der Waals surface area contributed by atoms with Crippen molar-refractivity contribution in [3.63, 3.8) is 0 Å². The van der Waals surface area contributed by atoms with Gasteiger partial charge in [-0.2, -0.15) is 0 Å². The minimum absolute atomic E-state index is 0.156. The summed E-state index contributed by atoms with van der Waals surface area (Å²) in [6.45, 7) is 5.03. The van der Waals surface area contributed by atoms with Gasteiger partial charge >= 0.3 is 6.03 Å². The zero-order valence-corrected chi connectivity index (χ0v) is 16.2. The highest BCUT2D eigenvalue weighted by molar-refractivity contribution is 6.02. The maximum absolute atomic E-state index is 12.7. The van der Waals surface area contributed by atoms with E-state index in [1.54, 1.807) is 27.3 Å². The molecule has 26 heavy (non-hydrogen) atoms. The number of nitrogens with zero attached hydrogens (tertiary/aromatic N) is 2. The van der Waals surface area contributed by atoms with Crippen LogP contribution in [0, 0.1) is 5.92 Å². The molecule has 1 heterocycles. The molecule has 0 bridgehead atoms. The minimum atomic E-state index is -0.227. The van der Waals surface area contributed by atoms with Gasteiger partial charge in [-0.25, -0.2) is 4.79 Å². The Kier molecular flexibility index (Phi) is 7.26. The number of carbonyl (C=O) groups excluding carboxylic acids is 2. The van der Waals surface area contributed by atoms with Gasteiger partial charge in [0.1, 0.15) is 0 Å². The third-order valence-electron chi connectivity index (χ3n) is 4.61. The standard InChI is InChI=1S/C19H30N4O3/c1-14-7-10-23(11-8-14)17-6-5-15(21-19(25)22(2)3)13-16(17)18(24)20-9-12-26-4/h5-6,13-14H,7-12H2,1-4H3,(H,20,24)(H,21,25). The molecule has 7 heteroatoms. The Hall–Kier alpha value is -2.28. The van der Waals surface area contributed by atoms with Crippen LogP contribution in [-0.2, 0) is 4.74 Å². The lowest BCUT2D eigenvalue weighted by molar-refractivity contribution is 0.0937. The second-order valence-corrected chi connectivity index (χ2v) is 6.97. The molecule has 1 fully saturated rings. The van der Waals surface area contributed by atoms with Crippen molar-refractivity contribution in [3.05, 3.63) is 23.8 Å². The number of methoxy groups -OCH3 is 1. The van der Waals surface area contributed by atoms with E-state index in [2.05, 4.69) is 22.5 Å². The number of nitrogens with one attached hydrogen (secondary N) is 2. The molecule has 1 aromatic rings. The summed E-state index contributed by atoms with van der Waals surface area (Å²) in [5.74, 6) is 0.556. The summed E-state index contributed by atoms with van der Waals surface area (Å²) in [5.41, 5.74) is 2.09. The lowest BCUT2D eigenvalue weighted by Gasteiger charge is -2.33. The monoisotopic (exact) mass is 362 g/mol. The Morgan fingerprint density at radius 1 is 1.27 bits per heavy atom. The smallest absolute Gasteiger partial charge is 0.321 e. The van der Waals surface area contributed by atoms with E-state index in [0.29, 0.717) is 30.3 Å². The van der Waals surface area contributed by atoms with Gasteiger partial charge in [0, 0.05) is 52.2 Å². The molecule has 0 saturated carbocycles. The van der Waals surface area contributed by atoms with Crippen LogP contribution in [0.4, 0.5) is 16.2 Å². The second kappa shape index (κ2) is 9.43. The van der Waals surface area contributed by atoms with Crippen molar-refractivity contribution in [3.8, 4) is 0 Å². The fraction of sp³-hybridized carbons (Fsp3) is 0.579. The summed E-state index contributed by atoms with van der Waals surface area (Å²) in [6.07, 6.45) is 2.23. The number of benzene rings is 1. The van der Waals surface area contributed by atoms with Crippen molar-refractivity contribution in [2.75, 3.05) is 57.7 Å². The first-order valence-corrected chi connectivity index (χ1v) is 9.06. The van der Waals surface area contributed by atoms with E-state index in [-0.39, 0.29) is 11.9 Å². The van der Waals surface area contributed by atoms with Gasteiger partial charge < -0.3 is 25.2 Å². The van der Waals surface area contributed by atoms with Crippen LogP contribution in [-0.4, -0.2) is 64.3 Å². The molecule has 0 aromatic heterocycles. The van der Waals surface area contributed by atoms with E-state index in [1.165, 1.54) is 4.90 Å². The van der Waals surface area contributed by atoms with Crippen molar-refractivity contribution in [2.45, 2.75) is 19.8 Å². The van der Waals surface area contributed by atoms with Gasteiger partial charge in [-0.1, -0.05) is 6.92 Å². The molecule has 7 nitrogen and oxygen atoms in total. The van der Waals surface area contributed by atoms with Crippen LogP contribution in [0.15, 0.2) is 18.2 Å². The molecule has 144 valence electrons. The van der Waals surface area contributed by atoms with E-state index < -0.39 is 0 Å². The van der Waals surface area contributed by atoms with Crippen LogP contribution < -0.4 is 15.5 Å². The Balaban J connectivity index is 2.24. The van der Waals surface area contributed by atoms with Gasteiger partial charge in [0.05, 0.1) is 12.2 Å². The Bertz CT molecular complexity index is 625. The maximum Gasteiger partial charge on any atom is 0.321 e. The number of piperidine rings is 1. The third kappa shape index (κ3) is 5.36. The molecular weight excluding hydrogens is 332 g/mol. The van der Waals surface area contributed by atoms with Crippen LogP contribution in [0.2, 0.25) is 0 Å². The summed E-state index contributed by atoms with van der Waals surface area (Å²) in [7, 11) is 4.96. The van der Waals surface area contributed by atoms with Crippen molar-refractivity contribution in [2.24, 2.45) is 5.92 Å². The normalized spacial score (nSPS) is 14.8. The van der Waals surface area contributed by atoms with Gasteiger partial charge in [-0.15, -0.1) is 0 Å². The number of ether oxygens (including phenoxy) is 1. The largest absolute Gasteiger partial charge is 0.383 e. The molecule has 0 aliphatic carbocycles. The predicted octanol–water partition coefficient (Wildman–Crippen LogP) is 2.39. The van der Waals surface area contributed by atoms with Crippen LogP contribution >= 0.6 is 0 Å². The second-order valence-electron chi connectivity index (χ2n) is 6.97. The van der Waals surface area contributed by atoms with Gasteiger partial charge in [-0.3, -0.25) is 4.79 Å². The number of anilines is 2. The summed E-state index contributed by atoms with van der Waals surface area (Å²) in [4.78, 5) is 28.3. The molecule has 1 aliphatic heterocycles. The van der Waals surface area contributed by atoms with E-state index in [1.807, 2.05) is 12.1 Å². The van der Waals surface area contributed by atoms with Crippen LogP contribution in [0.5, 0.6) is 0 Å². The lowest BCUT2D eigenvalue weighted by atomic mass is 9.98. The van der Waals surface area contributed by atoms with E-state index in [4.69, 9.17) is 4.74 Å². The van der Waals surface area contributed by atoms with Gasteiger partial charge in [0.25, 0.3) is 5.91 Å². The fourth-order valence-corrected chi connectivity index (χ4v) is 2.92. The van der Waals surface area contributed by atoms with Crippen molar-refractivity contribution >= 4 is 23.3 Å². The first-order chi connectivity index (χ1) is 12.4. The number of hydrogen-bond acceptors (Lipinski definition) is 4. The highest BCUT2D eigenvalue weighted by Gasteiger charge is 2.21. The number of amides is 3. The van der Waals surface area contributed by atoms with Crippen LogP contribution in [0.3, 0.4) is 0 Å². The molecule has 0 radical (unpaired) electrons. The Morgan fingerprint density at radius 2 is 1.96 bits per heavy atom. The van der Waals surface area contributed by atoms with Crippen LogP contribution in [0.25, 0.3) is 0 Å². The summed E-state index contributed by atoms with van der Waals surface area (Å²) < 4.78 is 5.00. The number of rotatable bonds is 6. The van der Waals surface area contributed by atoms with E-state index in [9.17, 15) is 9.59 Å². The molecule has 2 rings (SSSR count). The van der Waals surface area contributed by atoms with Gasteiger partial charge in [-0.05, 0) is 37.0 Å². The van der Waals surface area contributed by atoms with Gasteiger partial charge in [0.2, 0.25) is 0 Å². The zero-order valence-electron chi connectivity index (χ0n) is 16.2. The summed E-state index contributed by atoms with van der Waals surface area (Å²) in [6, 6.07) is 5.29. The predicted molar refractivity (Wildman–Crippen MR) is 104 cm³/mol. The van der Waals surface area contributed by atoms with Crippen molar-refractivity contribution < 1.29 is 14.3 Å². The summed E-state index contributed by atoms with van der Waals surface area (Å²) >= 11 is 0. The number of hydrogen-bond donors (Lipinski definition) is 2. The molecular formula is C19H30N4O3. The average Bonchev–Trinajstić information content (AvgIpc) is 2.62. The van der Waals surface area contributed by atoms with Crippen LogP contribution in [0.1, 0.15) is 30.1 Å².